The van der Waals surface area contributed by atoms with Gasteiger partial charge in [-0.25, -0.2) is 5.26 Å². The standard InChI is InChI=1S/C8H16O4/c1-6(12-10)11-7(9)5-8(2,3)4/h6,10H,5H2,1-4H3. The minimum atomic E-state index is -0.889. The van der Waals surface area contributed by atoms with Gasteiger partial charge in [0.15, 0.2) is 0 Å². The Balaban J connectivity index is 3.75. The molecular formula is C8H16O4. The van der Waals surface area contributed by atoms with Crippen LogP contribution in [0.25, 0.3) is 0 Å². The van der Waals surface area contributed by atoms with Gasteiger partial charge in [0.25, 0.3) is 0 Å². The summed E-state index contributed by atoms with van der Waals surface area (Å²) in [4.78, 5) is 14.8. The first-order chi connectivity index (χ1) is 5.35. The van der Waals surface area contributed by atoms with Crippen molar-refractivity contribution in [1.82, 2.24) is 0 Å². The van der Waals surface area contributed by atoms with Gasteiger partial charge in [0.05, 0.1) is 6.42 Å². The first-order valence-electron chi connectivity index (χ1n) is 3.85. The third-order valence-electron chi connectivity index (χ3n) is 1.12. The Morgan fingerprint density at radius 3 is 2.33 bits per heavy atom. The lowest BCUT2D eigenvalue weighted by atomic mass is 9.92. The quantitative estimate of drug-likeness (QED) is 0.308. The zero-order valence-electron chi connectivity index (χ0n) is 7.96. The van der Waals surface area contributed by atoms with Crippen molar-refractivity contribution < 1.29 is 19.7 Å². The van der Waals surface area contributed by atoms with Crippen molar-refractivity contribution in [2.75, 3.05) is 0 Å². The van der Waals surface area contributed by atoms with Crippen LogP contribution in [-0.2, 0) is 14.4 Å². The van der Waals surface area contributed by atoms with Gasteiger partial charge >= 0.3 is 5.97 Å². The molecule has 0 radical (unpaired) electrons. The molecule has 0 fully saturated rings. The van der Waals surface area contributed by atoms with Gasteiger partial charge in [0.2, 0.25) is 6.29 Å². The fourth-order valence-corrected chi connectivity index (χ4v) is 0.681. The highest BCUT2D eigenvalue weighted by Gasteiger charge is 2.18. The third kappa shape index (κ3) is 6.12. The van der Waals surface area contributed by atoms with Crippen molar-refractivity contribution in [3.63, 3.8) is 0 Å². The van der Waals surface area contributed by atoms with Gasteiger partial charge < -0.3 is 4.74 Å². The van der Waals surface area contributed by atoms with Crippen LogP contribution < -0.4 is 0 Å². The fourth-order valence-electron chi connectivity index (χ4n) is 0.681. The molecule has 0 aromatic heterocycles. The highest BCUT2D eigenvalue weighted by molar-refractivity contribution is 5.70. The van der Waals surface area contributed by atoms with E-state index in [1.807, 2.05) is 20.8 Å². The fraction of sp³-hybridized carbons (Fsp3) is 0.875. The van der Waals surface area contributed by atoms with Crippen LogP contribution in [0.1, 0.15) is 34.1 Å². The van der Waals surface area contributed by atoms with Gasteiger partial charge in [-0.2, -0.15) is 4.89 Å². The van der Waals surface area contributed by atoms with Crippen LogP contribution in [0, 0.1) is 5.41 Å². The SMILES string of the molecule is CC(OO)OC(=O)CC(C)(C)C. The second-order valence-corrected chi connectivity index (χ2v) is 3.90. The molecule has 0 aliphatic carbocycles. The molecule has 0 saturated heterocycles. The molecule has 0 aromatic carbocycles. The normalized spacial score (nSPS) is 14.1. The Hall–Kier alpha value is -0.610. The molecule has 1 atom stereocenters. The monoisotopic (exact) mass is 176 g/mol. The second-order valence-electron chi connectivity index (χ2n) is 3.90. The van der Waals surface area contributed by atoms with E-state index >= 15 is 0 Å². The minimum Gasteiger partial charge on any atom is -0.433 e. The van der Waals surface area contributed by atoms with E-state index in [0.29, 0.717) is 6.42 Å². The van der Waals surface area contributed by atoms with Gasteiger partial charge in [-0.3, -0.25) is 4.79 Å². The first-order valence-corrected chi connectivity index (χ1v) is 3.85. The number of carbonyl (C=O) groups is 1. The summed E-state index contributed by atoms with van der Waals surface area (Å²) in [5.41, 5.74) is -0.105. The first kappa shape index (κ1) is 11.4. The summed E-state index contributed by atoms with van der Waals surface area (Å²) in [6.45, 7) is 7.23. The summed E-state index contributed by atoms with van der Waals surface area (Å²) >= 11 is 0. The molecule has 0 heterocycles. The molecule has 0 rings (SSSR count). The molecule has 4 heteroatoms. The van der Waals surface area contributed by atoms with Gasteiger partial charge in [-0.15, -0.1) is 0 Å². The second kappa shape index (κ2) is 4.42. The molecule has 12 heavy (non-hydrogen) atoms. The van der Waals surface area contributed by atoms with Gasteiger partial charge in [-0.1, -0.05) is 20.8 Å². The minimum absolute atomic E-state index is 0.105. The Bertz CT molecular complexity index is 148. The molecular weight excluding hydrogens is 160 g/mol. The average Bonchev–Trinajstić information content (AvgIpc) is 1.82. The number of ether oxygens (including phenoxy) is 1. The topological polar surface area (TPSA) is 55.8 Å². The zero-order valence-corrected chi connectivity index (χ0v) is 7.96. The molecule has 4 nitrogen and oxygen atoms in total. The lowest BCUT2D eigenvalue weighted by molar-refractivity contribution is -0.331. The van der Waals surface area contributed by atoms with Crippen molar-refractivity contribution in [2.45, 2.75) is 40.4 Å². The van der Waals surface area contributed by atoms with Crippen LogP contribution >= 0.6 is 0 Å². The summed E-state index contributed by atoms with van der Waals surface area (Å²) in [5, 5.41) is 8.10. The lowest BCUT2D eigenvalue weighted by Crippen LogP contribution is -2.21. The van der Waals surface area contributed by atoms with E-state index in [0.717, 1.165) is 0 Å². The number of rotatable bonds is 3. The number of hydrogen-bond donors (Lipinski definition) is 1. The van der Waals surface area contributed by atoms with Crippen LogP contribution in [0.2, 0.25) is 0 Å². The van der Waals surface area contributed by atoms with E-state index in [-0.39, 0.29) is 11.4 Å². The lowest BCUT2D eigenvalue weighted by Gasteiger charge is -2.17. The number of hydrogen-bond acceptors (Lipinski definition) is 4. The van der Waals surface area contributed by atoms with E-state index in [2.05, 4.69) is 9.62 Å². The van der Waals surface area contributed by atoms with Gasteiger partial charge in [-0.05, 0) is 5.41 Å². The maximum Gasteiger partial charge on any atom is 0.308 e. The summed E-state index contributed by atoms with van der Waals surface area (Å²) in [7, 11) is 0. The van der Waals surface area contributed by atoms with Crippen LogP contribution in [-0.4, -0.2) is 17.5 Å². The van der Waals surface area contributed by atoms with E-state index in [9.17, 15) is 4.79 Å². The summed E-state index contributed by atoms with van der Waals surface area (Å²) in [6, 6.07) is 0. The molecule has 1 unspecified atom stereocenters. The number of esters is 1. The number of carbonyl (C=O) groups excluding carboxylic acids is 1. The van der Waals surface area contributed by atoms with Crippen molar-refractivity contribution in [3.05, 3.63) is 0 Å². The van der Waals surface area contributed by atoms with Gasteiger partial charge in [0, 0.05) is 6.92 Å². The molecule has 0 aromatic rings. The van der Waals surface area contributed by atoms with Crippen LogP contribution in [0.4, 0.5) is 0 Å². The molecule has 1 N–H and O–H groups in total. The highest BCUT2D eigenvalue weighted by Crippen LogP contribution is 2.19. The smallest absolute Gasteiger partial charge is 0.308 e. The Morgan fingerprint density at radius 2 is 2.00 bits per heavy atom. The van der Waals surface area contributed by atoms with E-state index < -0.39 is 6.29 Å². The van der Waals surface area contributed by atoms with Crippen molar-refractivity contribution in [3.8, 4) is 0 Å². The molecule has 0 amide bonds. The van der Waals surface area contributed by atoms with Crippen LogP contribution in [0.5, 0.6) is 0 Å². The summed E-state index contributed by atoms with van der Waals surface area (Å²) in [6.07, 6.45) is -0.583. The molecule has 0 spiro atoms. The van der Waals surface area contributed by atoms with E-state index in [1.165, 1.54) is 6.92 Å². The summed E-state index contributed by atoms with van der Waals surface area (Å²) < 4.78 is 4.66. The molecule has 0 aliphatic heterocycles. The average molecular weight is 176 g/mol. The zero-order chi connectivity index (χ0) is 9.78. The molecule has 0 bridgehead atoms. The Labute approximate surface area is 72.4 Å². The van der Waals surface area contributed by atoms with Crippen molar-refractivity contribution >= 4 is 5.97 Å². The van der Waals surface area contributed by atoms with E-state index in [1.54, 1.807) is 0 Å². The van der Waals surface area contributed by atoms with Crippen LogP contribution in [0.3, 0.4) is 0 Å². The van der Waals surface area contributed by atoms with Crippen LogP contribution in [0.15, 0.2) is 0 Å². The summed E-state index contributed by atoms with van der Waals surface area (Å²) in [5.74, 6) is -0.371. The molecule has 0 saturated carbocycles. The maximum atomic E-state index is 11.0. The van der Waals surface area contributed by atoms with Gasteiger partial charge in [0.1, 0.15) is 0 Å². The van der Waals surface area contributed by atoms with Crippen molar-refractivity contribution in [1.29, 1.82) is 0 Å². The Kier molecular flexibility index (Phi) is 4.20. The largest absolute Gasteiger partial charge is 0.433 e. The third-order valence-corrected chi connectivity index (χ3v) is 1.12. The molecule has 72 valence electrons. The predicted molar refractivity (Wildman–Crippen MR) is 43.3 cm³/mol. The van der Waals surface area contributed by atoms with E-state index in [4.69, 9.17) is 5.26 Å². The van der Waals surface area contributed by atoms with Crippen molar-refractivity contribution in [2.24, 2.45) is 5.41 Å². The Morgan fingerprint density at radius 1 is 1.50 bits per heavy atom. The predicted octanol–water partition coefficient (Wildman–Crippen LogP) is 1.80. The maximum absolute atomic E-state index is 11.0. The molecule has 0 aliphatic rings. The highest BCUT2D eigenvalue weighted by atomic mass is 17.1.